The van der Waals surface area contributed by atoms with Gasteiger partial charge >= 0.3 is 0 Å². The average Bonchev–Trinajstić information content (AvgIpc) is 1.83. The van der Waals surface area contributed by atoms with Gasteiger partial charge in [-0.1, -0.05) is 6.58 Å². The Hall–Kier alpha value is -1.05. The summed E-state index contributed by atoms with van der Waals surface area (Å²) in [4.78, 5) is 0. The van der Waals surface area contributed by atoms with Crippen molar-refractivity contribution in [3.63, 3.8) is 0 Å². The van der Waals surface area contributed by atoms with Crippen LogP contribution in [0.4, 0.5) is 4.39 Å². The summed E-state index contributed by atoms with van der Waals surface area (Å²) in [5.41, 5.74) is 5.79. The van der Waals surface area contributed by atoms with Crippen molar-refractivity contribution in [2.75, 3.05) is 0 Å². The Morgan fingerprint density at radius 3 is 2.44 bits per heavy atom. The lowest BCUT2D eigenvalue weighted by molar-refractivity contribution is 0.667. The van der Waals surface area contributed by atoms with Crippen molar-refractivity contribution in [3.05, 3.63) is 36.3 Å². The zero-order chi connectivity index (χ0) is 7.28. The maximum Gasteiger partial charge on any atom is 0.122 e. The van der Waals surface area contributed by atoms with E-state index in [-0.39, 0.29) is 5.83 Å². The average molecular weight is 127 g/mol. The van der Waals surface area contributed by atoms with E-state index >= 15 is 0 Å². The number of halogens is 1. The van der Waals surface area contributed by atoms with Crippen molar-refractivity contribution in [3.8, 4) is 0 Å². The molecule has 0 heterocycles. The summed E-state index contributed by atoms with van der Waals surface area (Å²) in [6.45, 7) is 4.91. The molecule has 0 atom stereocenters. The van der Waals surface area contributed by atoms with Crippen LogP contribution in [-0.2, 0) is 0 Å². The third-order valence-corrected chi connectivity index (χ3v) is 0.700. The Morgan fingerprint density at radius 2 is 2.11 bits per heavy atom. The van der Waals surface area contributed by atoms with Crippen molar-refractivity contribution in [1.82, 2.24) is 0 Å². The second-order valence-corrected chi connectivity index (χ2v) is 1.67. The Bertz CT molecular complexity index is 152. The van der Waals surface area contributed by atoms with Gasteiger partial charge < -0.3 is 5.73 Å². The Labute approximate surface area is 54.4 Å². The third-order valence-electron chi connectivity index (χ3n) is 0.700. The molecule has 0 unspecified atom stereocenters. The molecule has 0 aliphatic rings. The fourth-order valence-electron chi connectivity index (χ4n) is 0.279. The first-order chi connectivity index (χ1) is 4.16. The van der Waals surface area contributed by atoms with Crippen LogP contribution in [0.5, 0.6) is 0 Å². The molecule has 0 rings (SSSR count). The molecule has 0 spiro atoms. The van der Waals surface area contributed by atoms with E-state index in [2.05, 4.69) is 6.58 Å². The van der Waals surface area contributed by atoms with Gasteiger partial charge in [0.2, 0.25) is 0 Å². The lowest BCUT2D eigenvalue weighted by Crippen LogP contribution is -1.87. The minimum atomic E-state index is -0.375. The van der Waals surface area contributed by atoms with Crippen LogP contribution in [0.3, 0.4) is 0 Å². The van der Waals surface area contributed by atoms with E-state index < -0.39 is 0 Å². The summed E-state index contributed by atoms with van der Waals surface area (Å²) in [5.74, 6) is -0.375. The fraction of sp³-hybridized carbons (Fsp3) is 0.143. The highest BCUT2D eigenvalue weighted by Gasteiger charge is 1.79. The lowest BCUT2D eigenvalue weighted by atomic mass is 10.4. The zero-order valence-electron chi connectivity index (χ0n) is 5.39. The molecule has 0 aromatic carbocycles. The molecule has 2 N–H and O–H groups in total. The third kappa shape index (κ3) is 4.81. The van der Waals surface area contributed by atoms with E-state index in [1.807, 2.05) is 0 Å². The summed E-state index contributed by atoms with van der Waals surface area (Å²) in [7, 11) is 0. The lowest BCUT2D eigenvalue weighted by Gasteiger charge is -1.83. The van der Waals surface area contributed by atoms with Gasteiger partial charge in [-0.3, -0.25) is 0 Å². The van der Waals surface area contributed by atoms with Crippen LogP contribution >= 0.6 is 0 Å². The van der Waals surface area contributed by atoms with E-state index in [0.29, 0.717) is 5.70 Å². The van der Waals surface area contributed by atoms with Crippen LogP contribution in [0, 0.1) is 0 Å². The van der Waals surface area contributed by atoms with Gasteiger partial charge in [0, 0.05) is 5.70 Å². The Kier molecular flexibility index (Phi) is 3.44. The number of nitrogens with two attached hydrogens (primary N) is 1. The monoisotopic (exact) mass is 127 g/mol. The topological polar surface area (TPSA) is 26.0 Å². The van der Waals surface area contributed by atoms with E-state index in [9.17, 15) is 4.39 Å². The first-order valence-electron chi connectivity index (χ1n) is 2.59. The maximum atomic E-state index is 12.1. The molecule has 0 amide bonds. The predicted molar refractivity (Wildman–Crippen MR) is 37.3 cm³/mol. The van der Waals surface area contributed by atoms with Crippen LogP contribution < -0.4 is 5.73 Å². The number of allylic oxidation sites excluding steroid dienone is 5. The molecule has 0 aromatic rings. The Balaban J connectivity index is 3.98. The fourth-order valence-corrected chi connectivity index (χ4v) is 0.279. The van der Waals surface area contributed by atoms with E-state index in [1.165, 1.54) is 12.2 Å². The normalized spacial score (nSPS) is 13.6. The molecule has 0 aliphatic carbocycles. The minimum Gasteiger partial charge on any atom is -0.402 e. The molecule has 0 saturated carbocycles. The van der Waals surface area contributed by atoms with Crippen LogP contribution in [0.25, 0.3) is 0 Å². The van der Waals surface area contributed by atoms with Gasteiger partial charge in [-0.15, -0.1) is 0 Å². The molecule has 0 aliphatic heterocycles. The zero-order valence-corrected chi connectivity index (χ0v) is 5.39. The minimum absolute atomic E-state index is 0.375. The van der Waals surface area contributed by atoms with E-state index in [4.69, 9.17) is 5.73 Å². The molecule has 0 aromatic heterocycles. The van der Waals surface area contributed by atoms with Crippen LogP contribution in [0.1, 0.15) is 6.92 Å². The van der Waals surface area contributed by atoms with Gasteiger partial charge in [0.25, 0.3) is 0 Å². The first-order valence-corrected chi connectivity index (χ1v) is 2.59. The quantitative estimate of drug-likeness (QED) is 0.563. The molecule has 0 bridgehead atoms. The van der Waals surface area contributed by atoms with E-state index in [0.717, 1.165) is 6.08 Å². The van der Waals surface area contributed by atoms with Crippen molar-refractivity contribution in [1.29, 1.82) is 0 Å². The van der Waals surface area contributed by atoms with E-state index in [1.54, 1.807) is 6.92 Å². The van der Waals surface area contributed by atoms with Crippen molar-refractivity contribution in [2.24, 2.45) is 5.73 Å². The van der Waals surface area contributed by atoms with Crippen molar-refractivity contribution >= 4 is 0 Å². The first kappa shape index (κ1) is 7.95. The summed E-state index contributed by atoms with van der Waals surface area (Å²) in [6, 6.07) is 0. The van der Waals surface area contributed by atoms with Crippen molar-refractivity contribution in [2.45, 2.75) is 6.92 Å². The predicted octanol–water partition coefficient (Wildman–Crippen LogP) is 1.89. The van der Waals surface area contributed by atoms with Crippen LogP contribution in [-0.4, -0.2) is 0 Å². The second-order valence-electron chi connectivity index (χ2n) is 1.67. The van der Waals surface area contributed by atoms with Gasteiger partial charge in [-0.2, -0.15) is 0 Å². The molecule has 0 radical (unpaired) electrons. The highest BCUT2D eigenvalue weighted by molar-refractivity contribution is 5.17. The summed E-state index contributed by atoms with van der Waals surface area (Å²) < 4.78 is 12.1. The molecule has 2 heteroatoms. The number of rotatable bonds is 2. The number of hydrogen-bond donors (Lipinski definition) is 1. The molecule has 1 nitrogen and oxygen atoms in total. The molecule has 9 heavy (non-hydrogen) atoms. The Morgan fingerprint density at radius 1 is 1.56 bits per heavy atom. The number of hydrogen-bond acceptors (Lipinski definition) is 1. The summed E-state index contributed by atoms with van der Waals surface area (Å²) in [5, 5.41) is 0. The SMILES string of the molecule is C=C/C(F)=C\C=C(/C)N. The largest absolute Gasteiger partial charge is 0.402 e. The molecular formula is C7H10FN. The van der Waals surface area contributed by atoms with Crippen LogP contribution in [0.15, 0.2) is 36.3 Å². The highest BCUT2D eigenvalue weighted by Crippen LogP contribution is 1.96. The molecule has 50 valence electrons. The van der Waals surface area contributed by atoms with Gasteiger partial charge in [0.05, 0.1) is 0 Å². The smallest absolute Gasteiger partial charge is 0.122 e. The molecule has 0 fully saturated rings. The van der Waals surface area contributed by atoms with Gasteiger partial charge in [-0.25, -0.2) is 4.39 Å². The van der Waals surface area contributed by atoms with Gasteiger partial charge in [0.1, 0.15) is 5.83 Å². The van der Waals surface area contributed by atoms with Gasteiger partial charge in [0.15, 0.2) is 0 Å². The second kappa shape index (κ2) is 3.89. The highest BCUT2D eigenvalue weighted by atomic mass is 19.1. The molecule has 0 saturated heterocycles. The van der Waals surface area contributed by atoms with Gasteiger partial charge in [-0.05, 0) is 25.2 Å². The van der Waals surface area contributed by atoms with Crippen molar-refractivity contribution < 1.29 is 4.39 Å². The maximum absolute atomic E-state index is 12.1. The summed E-state index contributed by atoms with van der Waals surface area (Å²) in [6.07, 6.45) is 3.87. The molecular weight excluding hydrogens is 117 g/mol. The van der Waals surface area contributed by atoms with Crippen LogP contribution in [0.2, 0.25) is 0 Å². The standard InChI is InChI=1S/C7H10FN/c1-3-7(8)5-4-6(2)9/h3-5H,1,9H2,2H3/b6-4+,7-5+. The summed E-state index contributed by atoms with van der Waals surface area (Å²) >= 11 is 0.